The van der Waals surface area contributed by atoms with E-state index in [1.807, 2.05) is 37.3 Å². The third kappa shape index (κ3) is 4.07. The Morgan fingerprint density at radius 1 is 0.962 bits per heavy atom. The predicted octanol–water partition coefficient (Wildman–Crippen LogP) is 5.07. The molecule has 0 unspecified atom stereocenters. The zero-order valence-corrected chi connectivity index (χ0v) is 16.3. The first-order chi connectivity index (χ1) is 12.5. The molecule has 0 amide bonds. The van der Waals surface area contributed by atoms with Crippen LogP contribution in [0.4, 0.5) is 0 Å². The Morgan fingerprint density at radius 2 is 1.73 bits per heavy atom. The van der Waals surface area contributed by atoms with Crippen molar-refractivity contribution < 1.29 is 4.74 Å². The lowest BCUT2D eigenvalue weighted by Gasteiger charge is -2.10. The van der Waals surface area contributed by atoms with Gasteiger partial charge in [-0.25, -0.2) is 9.82 Å². The molecule has 3 aromatic rings. The van der Waals surface area contributed by atoms with Gasteiger partial charge in [-0.05, 0) is 48.0 Å². The Balaban J connectivity index is 2.14. The third-order valence-electron chi connectivity index (χ3n) is 3.77. The lowest BCUT2D eigenvalue weighted by molar-refractivity contribution is 0.379. The second-order valence-corrected chi connectivity index (χ2v) is 6.64. The zero-order chi connectivity index (χ0) is 18.7. The first-order valence-electron chi connectivity index (χ1n) is 7.70. The second-order valence-electron chi connectivity index (χ2n) is 5.56. The molecule has 0 saturated carbocycles. The van der Waals surface area contributed by atoms with Crippen molar-refractivity contribution in [2.45, 2.75) is 13.5 Å². The number of halogens is 3. The van der Waals surface area contributed by atoms with Crippen molar-refractivity contribution in [1.82, 2.24) is 19.8 Å². The quantitative estimate of drug-likeness (QED) is 0.596. The fourth-order valence-electron chi connectivity index (χ4n) is 2.36. The van der Waals surface area contributed by atoms with Gasteiger partial charge in [-0.15, -0.1) is 0 Å². The Hall–Kier alpha value is -1.92. The normalized spacial score (nSPS) is 10.8. The van der Waals surface area contributed by atoms with Crippen molar-refractivity contribution in [3.05, 3.63) is 57.6 Å². The van der Waals surface area contributed by atoms with E-state index in [0.29, 0.717) is 33.8 Å². The summed E-state index contributed by atoms with van der Waals surface area (Å²) in [5.41, 5.74) is 3.34. The first kappa shape index (κ1) is 18.9. The number of hydrogen-bond donors (Lipinski definition) is 1. The molecule has 134 valence electrons. The van der Waals surface area contributed by atoms with Crippen LogP contribution in [0.1, 0.15) is 11.1 Å². The van der Waals surface area contributed by atoms with Gasteiger partial charge < -0.3 is 4.74 Å². The largest absolute Gasteiger partial charge is 0.467 e. The van der Waals surface area contributed by atoms with Gasteiger partial charge in [-0.3, -0.25) is 0 Å². The number of rotatable bonds is 5. The summed E-state index contributed by atoms with van der Waals surface area (Å²) >= 11 is 18.2. The van der Waals surface area contributed by atoms with E-state index >= 15 is 0 Å². The summed E-state index contributed by atoms with van der Waals surface area (Å²) in [5, 5.41) is 1.15. The van der Waals surface area contributed by atoms with Gasteiger partial charge in [0.2, 0.25) is 0 Å². The van der Waals surface area contributed by atoms with Crippen LogP contribution in [0.2, 0.25) is 10.0 Å². The molecule has 0 spiro atoms. The smallest absolute Gasteiger partial charge is 0.320 e. The highest BCUT2D eigenvalue weighted by Gasteiger charge is 2.14. The summed E-state index contributed by atoms with van der Waals surface area (Å²) in [6, 6.07) is 11.3. The molecule has 0 fully saturated rings. The molecule has 0 aliphatic rings. The maximum absolute atomic E-state index is 6.36. The number of ether oxygens (including phenoxy) is 1. The molecule has 0 radical (unpaired) electrons. The molecule has 3 rings (SSSR count). The maximum atomic E-state index is 6.36. The lowest BCUT2D eigenvalue weighted by Crippen LogP contribution is -2.02. The van der Waals surface area contributed by atoms with Gasteiger partial charge in [0.25, 0.3) is 0 Å². The Bertz CT molecular complexity index is 950. The molecule has 0 bridgehead atoms. The van der Waals surface area contributed by atoms with Gasteiger partial charge in [-0.2, -0.15) is 9.97 Å². The van der Waals surface area contributed by atoms with Gasteiger partial charge in [0.05, 0.1) is 12.1 Å². The third-order valence-corrected chi connectivity index (χ3v) is 4.64. The van der Waals surface area contributed by atoms with Gasteiger partial charge in [0.15, 0.2) is 11.6 Å². The Morgan fingerprint density at radius 3 is 2.42 bits per heavy atom. The van der Waals surface area contributed by atoms with E-state index in [1.54, 1.807) is 6.07 Å². The SMILES string of the molecule is COc1nc(-c2ccc(C)c(Cl)c2)nc(-c2cc(CNCl)ccc2Cl)n1. The monoisotopic (exact) mass is 408 g/mol. The number of methoxy groups -OCH3 is 1. The molecule has 1 heterocycles. The number of nitrogens with one attached hydrogen (secondary N) is 1. The summed E-state index contributed by atoms with van der Waals surface area (Å²) in [6.07, 6.45) is 0. The van der Waals surface area contributed by atoms with Crippen molar-refractivity contribution in [3.63, 3.8) is 0 Å². The fraction of sp³-hybridized carbons (Fsp3) is 0.167. The minimum atomic E-state index is 0.193. The van der Waals surface area contributed by atoms with Crippen molar-refractivity contribution >= 4 is 35.0 Å². The molecule has 1 N–H and O–H groups in total. The molecule has 26 heavy (non-hydrogen) atoms. The predicted molar refractivity (Wildman–Crippen MR) is 105 cm³/mol. The summed E-state index contributed by atoms with van der Waals surface area (Å²) < 4.78 is 5.24. The van der Waals surface area contributed by atoms with Crippen LogP contribution in [0.15, 0.2) is 36.4 Å². The first-order valence-corrected chi connectivity index (χ1v) is 8.84. The second kappa shape index (κ2) is 8.18. The summed E-state index contributed by atoms with van der Waals surface area (Å²) in [7, 11) is 1.50. The van der Waals surface area contributed by atoms with E-state index in [4.69, 9.17) is 39.7 Å². The molecule has 5 nitrogen and oxygen atoms in total. The van der Waals surface area contributed by atoms with E-state index in [1.165, 1.54) is 7.11 Å². The van der Waals surface area contributed by atoms with Crippen molar-refractivity contribution in [2.24, 2.45) is 0 Å². The maximum Gasteiger partial charge on any atom is 0.320 e. The highest BCUT2D eigenvalue weighted by atomic mass is 35.5. The molecule has 0 aliphatic heterocycles. The summed E-state index contributed by atoms with van der Waals surface area (Å²) in [5.74, 6) is 0.857. The number of aromatic nitrogens is 3. The minimum Gasteiger partial charge on any atom is -0.467 e. The molecular formula is C18H15Cl3N4O. The van der Waals surface area contributed by atoms with Crippen LogP contribution in [0.3, 0.4) is 0 Å². The highest BCUT2D eigenvalue weighted by Crippen LogP contribution is 2.30. The molecule has 1 aromatic heterocycles. The van der Waals surface area contributed by atoms with Crippen LogP contribution in [-0.2, 0) is 6.54 Å². The van der Waals surface area contributed by atoms with Gasteiger partial charge in [-0.1, -0.05) is 41.4 Å². The van der Waals surface area contributed by atoms with Gasteiger partial charge in [0, 0.05) is 22.7 Å². The summed E-state index contributed by atoms with van der Waals surface area (Å²) in [6.45, 7) is 2.41. The van der Waals surface area contributed by atoms with Crippen molar-refractivity contribution in [2.75, 3.05) is 7.11 Å². The average molecular weight is 410 g/mol. The van der Waals surface area contributed by atoms with Crippen LogP contribution in [0.5, 0.6) is 6.01 Å². The van der Waals surface area contributed by atoms with E-state index < -0.39 is 0 Å². The van der Waals surface area contributed by atoms with Crippen LogP contribution in [0, 0.1) is 6.92 Å². The molecule has 8 heteroatoms. The number of benzene rings is 2. The van der Waals surface area contributed by atoms with Gasteiger partial charge >= 0.3 is 6.01 Å². The van der Waals surface area contributed by atoms with Crippen LogP contribution < -0.4 is 9.57 Å². The van der Waals surface area contributed by atoms with Gasteiger partial charge in [0.1, 0.15) is 0 Å². The zero-order valence-electron chi connectivity index (χ0n) is 14.1. The Kier molecular flexibility index (Phi) is 5.94. The number of hydrogen-bond acceptors (Lipinski definition) is 5. The number of nitrogens with zero attached hydrogens (tertiary/aromatic N) is 3. The van der Waals surface area contributed by atoms with E-state index in [9.17, 15) is 0 Å². The fourth-order valence-corrected chi connectivity index (χ4v) is 2.90. The topological polar surface area (TPSA) is 59.9 Å². The molecule has 2 aromatic carbocycles. The number of aryl methyl sites for hydroxylation is 1. The molecule has 0 saturated heterocycles. The van der Waals surface area contributed by atoms with E-state index in [2.05, 4.69) is 19.8 Å². The minimum absolute atomic E-state index is 0.193. The summed E-state index contributed by atoms with van der Waals surface area (Å²) in [4.78, 5) is 15.8. The van der Waals surface area contributed by atoms with Crippen LogP contribution in [0.25, 0.3) is 22.8 Å². The molecule has 0 atom stereocenters. The average Bonchev–Trinajstić information content (AvgIpc) is 2.65. The van der Waals surface area contributed by atoms with E-state index in [-0.39, 0.29) is 6.01 Å². The lowest BCUT2D eigenvalue weighted by atomic mass is 10.1. The molecular weight excluding hydrogens is 395 g/mol. The van der Waals surface area contributed by atoms with Crippen molar-refractivity contribution in [1.29, 1.82) is 0 Å². The molecule has 0 aliphatic carbocycles. The van der Waals surface area contributed by atoms with Crippen LogP contribution in [-0.4, -0.2) is 22.1 Å². The van der Waals surface area contributed by atoms with Crippen LogP contribution >= 0.6 is 35.0 Å². The van der Waals surface area contributed by atoms with E-state index in [0.717, 1.165) is 16.7 Å². The highest BCUT2D eigenvalue weighted by molar-refractivity contribution is 6.33. The van der Waals surface area contributed by atoms with Crippen molar-refractivity contribution in [3.8, 4) is 28.8 Å². The Labute approximate surface area is 166 Å². The standard InChI is InChI=1S/C18H15Cl3N4O/c1-10-3-5-12(8-15(10)20)16-23-17(25-18(24-16)26-2)13-7-11(9-22-21)4-6-14(13)19/h3-8,22H,9H2,1-2H3.